The van der Waals surface area contributed by atoms with Gasteiger partial charge in [-0.2, -0.15) is 9.29 Å². The van der Waals surface area contributed by atoms with Gasteiger partial charge >= 0.3 is 0 Å². The molecule has 29 heavy (non-hydrogen) atoms. The Morgan fingerprint density at radius 2 is 1.86 bits per heavy atom. The van der Waals surface area contributed by atoms with Gasteiger partial charge in [0.25, 0.3) is 0 Å². The van der Waals surface area contributed by atoms with Crippen LogP contribution >= 0.6 is 0 Å². The van der Waals surface area contributed by atoms with Gasteiger partial charge < -0.3 is 14.0 Å². The van der Waals surface area contributed by atoms with Crippen molar-refractivity contribution in [1.29, 1.82) is 0 Å². The molecule has 8 nitrogen and oxygen atoms in total. The van der Waals surface area contributed by atoms with Gasteiger partial charge in [-0.05, 0) is 43.3 Å². The van der Waals surface area contributed by atoms with Crippen molar-refractivity contribution in [2.45, 2.75) is 17.7 Å². The van der Waals surface area contributed by atoms with Crippen molar-refractivity contribution in [3.8, 4) is 22.9 Å². The molecule has 1 aromatic heterocycles. The molecule has 0 atom stereocenters. The third-order valence-corrected chi connectivity index (χ3v) is 6.63. The largest absolute Gasteiger partial charge is 0.497 e. The van der Waals surface area contributed by atoms with Crippen molar-refractivity contribution < 1.29 is 22.4 Å². The molecule has 1 saturated heterocycles. The Kier molecular flexibility index (Phi) is 5.25. The van der Waals surface area contributed by atoms with E-state index in [9.17, 15) is 8.42 Å². The maximum atomic E-state index is 12.9. The smallest absolute Gasteiger partial charge is 0.246 e. The van der Waals surface area contributed by atoms with Crippen LogP contribution in [0.15, 0.2) is 57.9 Å². The van der Waals surface area contributed by atoms with E-state index in [1.54, 1.807) is 31.4 Å². The molecule has 2 aromatic carbocycles. The lowest BCUT2D eigenvalue weighted by molar-refractivity contribution is 0.216. The van der Waals surface area contributed by atoms with Crippen LogP contribution in [0.25, 0.3) is 11.4 Å². The summed E-state index contributed by atoms with van der Waals surface area (Å²) in [7, 11) is -2.04. The number of para-hydroxylation sites is 1. The normalized spacial score (nSPS) is 15.1. The minimum Gasteiger partial charge on any atom is -0.497 e. The molecule has 0 amide bonds. The maximum absolute atomic E-state index is 12.9. The molecule has 0 unspecified atom stereocenters. The predicted octanol–water partition coefficient (Wildman–Crippen LogP) is 2.93. The zero-order chi connectivity index (χ0) is 20.4. The van der Waals surface area contributed by atoms with Crippen molar-refractivity contribution in [3.63, 3.8) is 0 Å². The van der Waals surface area contributed by atoms with Crippen LogP contribution < -0.4 is 9.47 Å². The number of rotatable bonds is 7. The van der Waals surface area contributed by atoms with E-state index in [1.165, 1.54) is 4.31 Å². The van der Waals surface area contributed by atoms with Crippen molar-refractivity contribution in [2.75, 3.05) is 26.8 Å². The van der Waals surface area contributed by atoms with Crippen LogP contribution in [0, 0.1) is 0 Å². The number of hydrogen-bond acceptors (Lipinski definition) is 7. The Balaban J connectivity index is 1.47. The van der Waals surface area contributed by atoms with E-state index < -0.39 is 10.0 Å². The lowest BCUT2D eigenvalue weighted by atomic mass is 10.0. The Morgan fingerprint density at radius 1 is 1.14 bits per heavy atom. The zero-order valence-electron chi connectivity index (χ0n) is 16.1. The van der Waals surface area contributed by atoms with Crippen molar-refractivity contribution >= 4 is 10.0 Å². The molecule has 4 rings (SSSR count). The standard InChI is InChI=1S/C20H21N3O5S/c1-3-27-17-6-4-5-7-18(17)29(24,25)23-12-15(13-23)20-21-19(22-28-20)14-8-10-16(26-2)11-9-14/h4-11,15H,3,12-13H2,1-2H3. The van der Waals surface area contributed by atoms with Crippen LogP contribution in [-0.2, 0) is 10.0 Å². The van der Waals surface area contributed by atoms with Crippen LogP contribution in [0.4, 0.5) is 0 Å². The summed E-state index contributed by atoms with van der Waals surface area (Å²) >= 11 is 0. The summed E-state index contributed by atoms with van der Waals surface area (Å²) in [6, 6.07) is 14.0. The second-order valence-corrected chi connectivity index (χ2v) is 8.49. The van der Waals surface area contributed by atoms with Crippen molar-refractivity contribution in [1.82, 2.24) is 14.4 Å². The fourth-order valence-corrected chi connectivity index (χ4v) is 4.79. The second-order valence-electron chi connectivity index (χ2n) is 6.58. The van der Waals surface area contributed by atoms with Crippen LogP contribution in [0.5, 0.6) is 11.5 Å². The van der Waals surface area contributed by atoms with E-state index in [0.717, 1.165) is 11.3 Å². The number of hydrogen-bond donors (Lipinski definition) is 0. The van der Waals surface area contributed by atoms with Gasteiger partial charge in [-0.1, -0.05) is 17.3 Å². The molecule has 0 aliphatic carbocycles. The highest BCUT2D eigenvalue weighted by molar-refractivity contribution is 7.89. The molecule has 9 heteroatoms. The number of methoxy groups -OCH3 is 1. The first-order valence-electron chi connectivity index (χ1n) is 9.23. The Bertz CT molecular complexity index is 1090. The predicted molar refractivity (Wildman–Crippen MR) is 105 cm³/mol. The van der Waals surface area contributed by atoms with E-state index in [4.69, 9.17) is 14.0 Å². The minimum atomic E-state index is -3.64. The summed E-state index contributed by atoms with van der Waals surface area (Å²) in [6.45, 7) is 2.78. The van der Waals surface area contributed by atoms with Crippen molar-refractivity contribution in [3.05, 3.63) is 54.4 Å². The summed E-state index contributed by atoms with van der Waals surface area (Å²) in [5.74, 6) is 1.86. The molecule has 0 spiro atoms. The quantitative estimate of drug-likeness (QED) is 0.585. The molecule has 0 saturated carbocycles. The van der Waals surface area contributed by atoms with Gasteiger partial charge in [-0.3, -0.25) is 0 Å². The molecule has 0 bridgehead atoms. The monoisotopic (exact) mass is 415 g/mol. The Labute approximate surface area is 169 Å². The zero-order valence-corrected chi connectivity index (χ0v) is 16.9. The van der Waals surface area contributed by atoms with Crippen LogP contribution in [0.1, 0.15) is 18.7 Å². The minimum absolute atomic E-state index is 0.136. The summed E-state index contributed by atoms with van der Waals surface area (Å²) in [6.07, 6.45) is 0. The Morgan fingerprint density at radius 3 is 2.55 bits per heavy atom. The van der Waals surface area contributed by atoms with E-state index in [1.807, 2.05) is 31.2 Å². The first-order chi connectivity index (χ1) is 14.0. The van der Waals surface area contributed by atoms with E-state index in [2.05, 4.69) is 10.1 Å². The number of ether oxygens (including phenoxy) is 2. The van der Waals surface area contributed by atoms with E-state index in [-0.39, 0.29) is 23.9 Å². The summed E-state index contributed by atoms with van der Waals surface area (Å²) in [4.78, 5) is 4.60. The number of aromatic nitrogens is 2. The summed E-state index contributed by atoms with van der Waals surface area (Å²) in [5.41, 5.74) is 0.801. The maximum Gasteiger partial charge on any atom is 0.246 e. The lowest BCUT2D eigenvalue weighted by Gasteiger charge is -2.36. The fourth-order valence-electron chi connectivity index (χ4n) is 3.13. The molecule has 0 N–H and O–H groups in total. The number of sulfonamides is 1. The SMILES string of the molecule is CCOc1ccccc1S(=O)(=O)N1CC(c2nc(-c3ccc(OC)cc3)no2)C1. The first-order valence-corrected chi connectivity index (χ1v) is 10.7. The Hall–Kier alpha value is -2.91. The van der Waals surface area contributed by atoms with Crippen molar-refractivity contribution in [2.24, 2.45) is 0 Å². The molecule has 1 aliphatic rings. The van der Waals surface area contributed by atoms with E-state index >= 15 is 0 Å². The van der Waals surface area contributed by atoms with Gasteiger partial charge in [0.1, 0.15) is 16.4 Å². The molecule has 1 aliphatic heterocycles. The van der Waals surface area contributed by atoms with Gasteiger partial charge in [0.2, 0.25) is 21.7 Å². The van der Waals surface area contributed by atoms with Gasteiger partial charge in [0.15, 0.2) is 0 Å². The fraction of sp³-hybridized carbons (Fsp3) is 0.300. The third kappa shape index (κ3) is 3.70. The van der Waals surface area contributed by atoms with E-state index in [0.29, 0.717) is 24.1 Å². The number of benzene rings is 2. The summed E-state index contributed by atoms with van der Waals surface area (Å²) < 4.78 is 43.3. The third-order valence-electron chi connectivity index (χ3n) is 4.75. The van der Waals surface area contributed by atoms with Gasteiger partial charge in [-0.15, -0.1) is 0 Å². The molecule has 1 fully saturated rings. The number of nitrogens with zero attached hydrogens (tertiary/aromatic N) is 3. The highest BCUT2D eigenvalue weighted by atomic mass is 32.2. The first kappa shape index (κ1) is 19.4. The average Bonchev–Trinajstić information content (AvgIpc) is 3.17. The highest BCUT2D eigenvalue weighted by Gasteiger charge is 2.41. The van der Waals surface area contributed by atoms with Crippen LogP contribution in [-0.4, -0.2) is 49.7 Å². The average molecular weight is 415 g/mol. The molecule has 3 aromatic rings. The lowest BCUT2D eigenvalue weighted by Crippen LogP contribution is -2.48. The van der Waals surface area contributed by atoms with Crippen LogP contribution in [0.2, 0.25) is 0 Å². The van der Waals surface area contributed by atoms with Gasteiger partial charge in [0, 0.05) is 18.7 Å². The molecule has 0 radical (unpaired) electrons. The molecule has 152 valence electrons. The molecular weight excluding hydrogens is 394 g/mol. The summed E-state index contributed by atoms with van der Waals surface area (Å²) in [5, 5.41) is 4.01. The topological polar surface area (TPSA) is 94.8 Å². The van der Waals surface area contributed by atoms with Crippen LogP contribution in [0.3, 0.4) is 0 Å². The molecule has 2 heterocycles. The highest BCUT2D eigenvalue weighted by Crippen LogP contribution is 2.35. The second kappa shape index (κ2) is 7.84. The molecular formula is C20H21N3O5S. The van der Waals surface area contributed by atoms with Gasteiger partial charge in [0.05, 0.1) is 19.6 Å². The van der Waals surface area contributed by atoms with Gasteiger partial charge in [-0.25, -0.2) is 8.42 Å².